The van der Waals surface area contributed by atoms with Crippen LogP contribution in [0.4, 0.5) is 0 Å². The number of rotatable bonds is 5. The molecule has 23 heavy (non-hydrogen) atoms. The molecule has 1 aliphatic rings. The summed E-state index contributed by atoms with van der Waals surface area (Å²) in [6.07, 6.45) is 6.33. The van der Waals surface area contributed by atoms with Crippen LogP contribution in [-0.2, 0) is 4.79 Å². The van der Waals surface area contributed by atoms with Gasteiger partial charge in [-0.2, -0.15) is 0 Å². The summed E-state index contributed by atoms with van der Waals surface area (Å²) in [7, 11) is 0. The standard InChI is InChI=1S/C17H22N4OS/c1-12-7-3-6-10-15(12)21-11-18-20-17(21)23-13(2)16(22)19-14-8-4-5-9-14/h3,6-7,10-11,13-14H,4-5,8-9H2,1-2H3,(H,19,22). The van der Waals surface area contributed by atoms with E-state index in [1.165, 1.54) is 24.6 Å². The number of amides is 1. The van der Waals surface area contributed by atoms with E-state index in [-0.39, 0.29) is 11.2 Å². The minimum absolute atomic E-state index is 0.0845. The molecule has 2 aromatic rings. The molecule has 1 atom stereocenters. The zero-order valence-electron chi connectivity index (χ0n) is 13.5. The van der Waals surface area contributed by atoms with Gasteiger partial charge in [0.2, 0.25) is 5.91 Å². The molecule has 0 bridgehead atoms. The van der Waals surface area contributed by atoms with Crippen molar-refractivity contribution in [3.8, 4) is 5.69 Å². The molecule has 1 N–H and O–H groups in total. The lowest BCUT2D eigenvalue weighted by molar-refractivity contribution is -0.120. The summed E-state index contributed by atoms with van der Waals surface area (Å²) >= 11 is 1.45. The molecule has 1 saturated carbocycles. The Morgan fingerprint density at radius 1 is 1.35 bits per heavy atom. The molecule has 1 fully saturated rings. The minimum atomic E-state index is -0.192. The Hall–Kier alpha value is -1.82. The number of benzene rings is 1. The minimum Gasteiger partial charge on any atom is -0.352 e. The number of aromatic nitrogens is 3. The third-order valence-corrected chi connectivity index (χ3v) is 5.30. The fraction of sp³-hybridized carbons (Fsp3) is 0.471. The number of hydrogen-bond acceptors (Lipinski definition) is 4. The van der Waals surface area contributed by atoms with Gasteiger partial charge in [0.1, 0.15) is 6.33 Å². The van der Waals surface area contributed by atoms with Gasteiger partial charge in [-0.1, -0.05) is 42.8 Å². The highest BCUT2D eigenvalue weighted by Gasteiger charge is 2.23. The van der Waals surface area contributed by atoms with Gasteiger partial charge in [-0.3, -0.25) is 9.36 Å². The van der Waals surface area contributed by atoms with Crippen LogP contribution in [0.25, 0.3) is 5.69 Å². The van der Waals surface area contributed by atoms with E-state index in [9.17, 15) is 4.79 Å². The van der Waals surface area contributed by atoms with Gasteiger partial charge >= 0.3 is 0 Å². The molecule has 0 aliphatic heterocycles. The molecule has 0 radical (unpaired) electrons. The van der Waals surface area contributed by atoms with Gasteiger partial charge in [0.15, 0.2) is 5.16 Å². The van der Waals surface area contributed by atoms with Crippen LogP contribution in [-0.4, -0.2) is 32.0 Å². The van der Waals surface area contributed by atoms with Gasteiger partial charge < -0.3 is 5.32 Å². The number of hydrogen-bond donors (Lipinski definition) is 1. The molecule has 0 saturated heterocycles. The van der Waals surface area contributed by atoms with E-state index in [2.05, 4.69) is 28.5 Å². The first-order chi connectivity index (χ1) is 11.1. The van der Waals surface area contributed by atoms with Crippen molar-refractivity contribution in [1.29, 1.82) is 0 Å². The van der Waals surface area contributed by atoms with Gasteiger partial charge in [0.05, 0.1) is 10.9 Å². The first kappa shape index (κ1) is 16.1. The molecule has 0 spiro atoms. The van der Waals surface area contributed by atoms with Crippen LogP contribution in [0.5, 0.6) is 0 Å². The number of aryl methyl sites for hydroxylation is 1. The fourth-order valence-electron chi connectivity index (χ4n) is 2.90. The topological polar surface area (TPSA) is 59.8 Å². The molecule has 3 rings (SSSR count). The van der Waals surface area contributed by atoms with Crippen LogP contribution >= 0.6 is 11.8 Å². The van der Waals surface area contributed by atoms with Gasteiger partial charge in [-0.05, 0) is 38.3 Å². The Labute approximate surface area is 140 Å². The van der Waals surface area contributed by atoms with Crippen molar-refractivity contribution in [2.45, 2.75) is 56.0 Å². The normalized spacial score (nSPS) is 16.4. The van der Waals surface area contributed by atoms with E-state index >= 15 is 0 Å². The van der Waals surface area contributed by atoms with E-state index in [0.717, 1.165) is 29.2 Å². The van der Waals surface area contributed by atoms with Crippen LogP contribution in [0.1, 0.15) is 38.2 Å². The lowest BCUT2D eigenvalue weighted by Crippen LogP contribution is -2.37. The first-order valence-corrected chi connectivity index (χ1v) is 8.96. The highest BCUT2D eigenvalue weighted by molar-refractivity contribution is 8.00. The summed E-state index contributed by atoms with van der Waals surface area (Å²) in [5.41, 5.74) is 2.20. The number of para-hydroxylation sites is 1. The van der Waals surface area contributed by atoms with Crippen molar-refractivity contribution >= 4 is 17.7 Å². The van der Waals surface area contributed by atoms with E-state index in [1.807, 2.05) is 29.7 Å². The molecule has 1 aromatic carbocycles. The maximum atomic E-state index is 12.4. The van der Waals surface area contributed by atoms with E-state index in [4.69, 9.17) is 0 Å². The van der Waals surface area contributed by atoms with Crippen molar-refractivity contribution in [3.05, 3.63) is 36.2 Å². The lowest BCUT2D eigenvalue weighted by atomic mass is 10.2. The average Bonchev–Trinajstić information content (AvgIpc) is 3.19. The maximum Gasteiger partial charge on any atom is 0.233 e. The Bertz CT molecular complexity index is 679. The van der Waals surface area contributed by atoms with E-state index in [1.54, 1.807) is 6.33 Å². The SMILES string of the molecule is Cc1ccccc1-n1cnnc1SC(C)C(=O)NC1CCCC1. The van der Waals surface area contributed by atoms with Crippen LogP contribution < -0.4 is 5.32 Å². The fourth-order valence-corrected chi connectivity index (χ4v) is 3.75. The summed E-state index contributed by atoms with van der Waals surface area (Å²) in [5.74, 6) is 0.0845. The van der Waals surface area contributed by atoms with Crippen molar-refractivity contribution in [3.63, 3.8) is 0 Å². The number of carbonyl (C=O) groups is 1. The van der Waals surface area contributed by atoms with E-state index < -0.39 is 0 Å². The highest BCUT2D eigenvalue weighted by atomic mass is 32.2. The molecule has 1 amide bonds. The van der Waals surface area contributed by atoms with Gasteiger partial charge in [-0.25, -0.2) is 0 Å². The molecular formula is C17H22N4OS. The summed E-state index contributed by atoms with van der Waals surface area (Å²) < 4.78 is 1.94. The average molecular weight is 330 g/mol. The predicted molar refractivity (Wildman–Crippen MR) is 91.8 cm³/mol. The summed E-state index contributed by atoms with van der Waals surface area (Å²) in [5, 5.41) is 11.9. The number of nitrogens with one attached hydrogen (secondary N) is 1. The van der Waals surface area contributed by atoms with Crippen LogP contribution in [0, 0.1) is 6.92 Å². The molecule has 1 heterocycles. The molecule has 122 valence electrons. The molecule has 5 nitrogen and oxygen atoms in total. The third kappa shape index (κ3) is 3.75. The summed E-state index contributed by atoms with van der Waals surface area (Å²) in [6, 6.07) is 8.44. The Morgan fingerprint density at radius 2 is 2.09 bits per heavy atom. The molecule has 6 heteroatoms. The predicted octanol–water partition coefficient (Wildman–Crippen LogP) is 3.12. The number of nitrogens with zero attached hydrogens (tertiary/aromatic N) is 3. The van der Waals surface area contributed by atoms with Crippen LogP contribution in [0.15, 0.2) is 35.7 Å². The van der Waals surface area contributed by atoms with Crippen LogP contribution in [0.3, 0.4) is 0 Å². The van der Waals surface area contributed by atoms with Crippen molar-refractivity contribution < 1.29 is 4.79 Å². The summed E-state index contributed by atoms with van der Waals surface area (Å²) in [6.45, 7) is 3.98. The Morgan fingerprint density at radius 3 is 2.83 bits per heavy atom. The lowest BCUT2D eigenvalue weighted by Gasteiger charge is -2.16. The maximum absolute atomic E-state index is 12.4. The van der Waals surface area contributed by atoms with E-state index in [0.29, 0.717) is 6.04 Å². The van der Waals surface area contributed by atoms with Crippen molar-refractivity contribution in [2.24, 2.45) is 0 Å². The molecule has 1 aromatic heterocycles. The molecule has 1 unspecified atom stereocenters. The van der Waals surface area contributed by atoms with Gasteiger partial charge in [0, 0.05) is 6.04 Å². The molecular weight excluding hydrogens is 308 g/mol. The Kier molecular flexibility index (Phi) is 5.00. The second-order valence-electron chi connectivity index (χ2n) is 6.02. The highest BCUT2D eigenvalue weighted by Crippen LogP contribution is 2.26. The quantitative estimate of drug-likeness (QED) is 0.856. The first-order valence-electron chi connectivity index (χ1n) is 8.08. The zero-order valence-corrected chi connectivity index (χ0v) is 14.3. The van der Waals surface area contributed by atoms with Crippen LogP contribution in [0.2, 0.25) is 0 Å². The monoisotopic (exact) mass is 330 g/mol. The van der Waals surface area contributed by atoms with Gasteiger partial charge in [-0.15, -0.1) is 10.2 Å². The Balaban J connectivity index is 1.70. The second kappa shape index (κ2) is 7.17. The number of carbonyl (C=O) groups excluding carboxylic acids is 1. The van der Waals surface area contributed by atoms with Crippen molar-refractivity contribution in [2.75, 3.05) is 0 Å². The van der Waals surface area contributed by atoms with Gasteiger partial charge in [0.25, 0.3) is 0 Å². The third-order valence-electron chi connectivity index (χ3n) is 4.24. The smallest absolute Gasteiger partial charge is 0.233 e. The largest absolute Gasteiger partial charge is 0.352 e. The zero-order chi connectivity index (χ0) is 16.2. The van der Waals surface area contributed by atoms with Crippen molar-refractivity contribution in [1.82, 2.24) is 20.1 Å². The number of thioether (sulfide) groups is 1. The molecule has 1 aliphatic carbocycles. The summed E-state index contributed by atoms with van der Waals surface area (Å²) in [4.78, 5) is 12.4. The second-order valence-corrected chi connectivity index (χ2v) is 7.33.